The average molecular weight is 301 g/mol. The molecular weight excluding hydrogens is 279 g/mol. The second kappa shape index (κ2) is 7.49. The van der Waals surface area contributed by atoms with E-state index < -0.39 is 0 Å². The summed E-state index contributed by atoms with van der Waals surface area (Å²) in [4.78, 5) is 2.55. The molecule has 0 saturated carbocycles. The minimum absolute atomic E-state index is 0.313. The zero-order chi connectivity index (χ0) is 13.7. The number of nitrogens with one attached hydrogen (secondary N) is 1. The molecule has 1 N–H and O–H groups in total. The summed E-state index contributed by atoms with van der Waals surface area (Å²) < 4.78 is 0. The van der Waals surface area contributed by atoms with Crippen LogP contribution in [0.4, 0.5) is 0 Å². The summed E-state index contributed by atoms with van der Waals surface area (Å²) in [5.74, 6) is 0. The van der Waals surface area contributed by atoms with Gasteiger partial charge in [-0.3, -0.25) is 0 Å². The van der Waals surface area contributed by atoms with Crippen LogP contribution in [0.2, 0.25) is 10.0 Å². The van der Waals surface area contributed by atoms with Crippen LogP contribution in [0.25, 0.3) is 0 Å². The van der Waals surface area contributed by atoms with E-state index in [4.69, 9.17) is 23.2 Å². The fourth-order valence-electron chi connectivity index (χ4n) is 2.53. The summed E-state index contributed by atoms with van der Waals surface area (Å²) >= 11 is 12.0. The fraction of sp³-hybridized carbons (Fsp3) is 0.600. The second-order valence-corrected chi connectivity index (χ2v) is 6.07. The van der Waals surface area contributed by atoms with Crippen LogP contribution >= 0.6 is 23.2 Å². The first-order valence-corrected chi connectivity index (χ1v) is 7.83. The Morgan fingerprint density at radius 3 is 2.63 bits per heavy atom. The number of likely N-dealkylation sites (tertiary alicyclic amines) is 1. The molecule has 0 spiro atoms. The highest BCUT2D eigenvalue weighted by molar-refractivity contribution is 6.42. The standard InChI is InChI=1S/C15H22Cl2N2/c1-12(13-5-6-14(16)15(17)11-13)18-7-4-10-19-8-2-3-9-19/h5-6,11-12,18H,2-4,7-10H2,1H3. The van der Waals surface area contributed by atoms with Crippen LogP contribution in [0.15, 0.2) is 18.2 Å². The first kappa shape index (κ1) is 15.1. The molecule has 1 heterocycles. The third-order valence-electron chi connectivity index (χ3n) is 3.74. The van der Waals surface area contributed by atoms with Crippen LogP contribution in [0.3, 0.4) is 0 Å². The highest BCUT2D eigenvalue weighted by Crippen LogP contribution is 2.25. The van der Waals surface area contributed by atoms with Gasteiger partial charge in [-0.05, 0) is 70.1 Å². The zero-order valence-electron chi connectivity index (χ0n) is 11.5. The van der Waals surface area contributed by atoms with Crippen molar-refractivity contribution in [2.24, 2.45) is 0 Å². The molecule has 1 fully saturated rings. The highest BCUT2D eigenvalue weighted by Gasteiger charge is 2.11. The first-order chi connectivity index (χ1) is 9.16. The van der Waals surface area contributed by atoms with Crippen molar-refractivity contribution < 1.29 is 0 Å². The van der Waals surface area contributed by atoms with E-state index in [1.807, 2.05) is 18.2 Å². The Hall–Kier alpha value is -0.280. The van der Waals surface area contributed by atoms with Crippen molar-refractivity contribution in [3.05, 3.63) is 33.8 Å². The molecule has 0 amide bonds. The Balaban J connectivity index is 1.71. The van der Waals surface area contributed by atoms with Gasteiger partial charge in [0.15, 0.2) is 0 Å². The van der Waals surface area contributed by atoms with Crippen molar-refractivity contribution >= 4 is 23.2 Å². The van der Waals surface area contributed by atoms with Gasteiger partial charge in [-0.2, -0.15) is 0 Å². The molecule has 1 saturated heterocycles. The number of rotatable bonds is 6. The molecule has 0 bridgehead atoms. The van der Waals surface area contributed by atoms with Crippen LogP contribution in [0, 0.1) is 0 Å². The molecule has 106 valence electrons. The maximum atomic E-state index is 6.04. The van der Waals surface area contributed by atoms with Crippen LogP contribution in [-0.2, 0) is 0 Å². The maximum absolute atomic E-state index is 6.04. The Kier molecular flexibility index (Phi) is 5.96. The maximum Gasteiger partial charge on any atom is 0.0595 e. The minimum atomic E-state index is 0.313. The molecule has 1 unspecified atom stereocenters. The van der Waals surface area contributed by atoms with E-state index >= 15 is 0 Å². The summed E-state index contributed by atoms with van der Waals surface area (Å²) in [6.07, 6.45) is 3.94. The first-order valence-electron chi connectivity index (χ1n) is 7.07. The van der Waals surface area contributed by atoms with Crippen molar-refractivity contribution in [2.75, 3.05) is 26.2 Å². The summed E-state index contributed by atoms with van der Waals surface area (Å²) in [5.41, 5.74) is 1.19. The van der Waals surface area contributed by atoms with Crippen LogP contribution in [0.5, 0.6) is 0 Å². The van der Waals surface area contributed by atoms with Gasteiger partial charge < -0.3 is 10.2 Å². The zero-order valence-corrected chi connectivity index (χ0v) is 13.0. The van der Waals surface area contributed by atoms with Gasteiger partial charge in [-0.25, -0.2) is 0 Å². The van der Waals surface area contributed by atoms with E-state index in [0.717, 1.165) is 6.54 Å². The molecule has 0 aromatic heterocycles. The second-order valence-electron chi connectivity index (χ2n) is 5.25. The summed E-state index contributed by atoms with van der Waals surface area (Å²) in [6.45, 7) is 6.97. The summed E-state index contributed by atoms with van der Waals surface area (Å²) in [5, 5.41) is 4.79. The SMILES string of the molecule is CC(NCCCN1CCCC1)c1ccc(Cl)c(Cl)c1. The van der Waals surface area contributed by atoms with Gasteiger partial charge in [0, 0.05) is 6.04 Å². The number of hydrogen-bond donors (Lipinski definition) is 1. The van der Waals surface area contributed by atoms with E-state index in [2.05, 4.69) is 17.1 Å². The molecule has 19 heavy (non-hydrogen) atoms. The molecule has 1 aliphatic rings. The van der Waals surface area contributed by atoms with E-state index in [1.54, 1.807) is 0 Å². The molecule has 2 nitrogen and oxygen atoms in total. The number of nitrogens with zero attached hydrogens (tertiary/aromatic N) is 1. The van der Waals surface area contributed by atoms with Gasteiger partial charge in [0.25, 0.3) is 0 Å². The van der Waals surface area contributed by atoms with Crippen molar-refractivity contribution in [1.82, 2.24) is 10.2 Å². The lowest BCUT2D eigenvalue weighted by molar-refractivity contribution is 0.328. The van der Waals surface area contributed by atoms with Gasteiger partial charge in [-0.1, -0.05) is 29.3 Å². The van der Waals surface area contributed by atoms with E-state index in [9.17, 15) is 0 Å². The number of hydrogen-bond acceptors (Lipinski definition) is 2. The van der Waals surface area contributed by atoms with Crippen molar-refractivity contribution in [3.8, 4) is 0 Å². The lowest BCUT2D eigenvalue weighted by Crippen LogP contribution is -2.26. The summed E-state index contributed by atoms with van der Waals surface area (Å²) in [6, 6.07) is 6.16. The molecular formula is C15H22Cl2N2. The molecule has 1 atom stereocenters. The van der Waals surface area contributed by atoms with Gasteiger partial charge in [0.2, 0.25) is 0 Å². The third-order valence-corrected chi connectivity index (χ3v) is 4.48. The summed E-state index contributed by atoms with van der Waals surface area (Å²) in [7, 11) is 0. The number of benzene rings is 1. The van der Waals surface area contributed by atoms with Crippen LogP contribution in [0.1, 0.15) is 37.8 Å². The Labute approximate surface area is 126 Å². The Morgan fingerprint density at radius 1 is 1.21 bits per heavy atom. The lowest BCUT2D eigenvalue weighted by Gasteiger charge is -2.17. The predicted octanol–water partition coefficient (Wildman–Crippen LogP) is 4.13. The van der Waals surface area contributed by atoms with E-state index in [0.29, 0.717) is 16.1 Å². The molecule has 1 aromatic rings. The molecule has 0 radical (unpaired) electrons. The van der Waals surface area contributed by atoms with Gasteiger partial charge in [-0.15, -0.1) is 0 Å². The van der Waals surface area contributed by atoms with E-state index in [1.165, 1.54) is 44.5 Å². The third kappa shape index (κ3) is 4.64. The molecule has 2 rings (SSSR count). The van der Waals surface area contributed by atoms with Crippen molar-refractivity contribution in [1.29, 1.82) is 0 Å². The van der Waals surface area contributed by atoms with E-state index in [-0.39, 0.29) is 0 Å². The Morgan fingerprint density at radius 2 is 1.95 bits per heavy atom. The normalized spacial score (nSPS) is 17.8. The highest BCUT2D eigenvalue weighted by atomic mass is 35.5. The van der Waals surface area contributed by atoms with Gasteiger partial charge >= 0.3 is 0 Å². The fourth-order valence-corrected chi connectivity index (χ4v) is 2.83. The number of halogens is 2. The molecule has 0 aliphatic carbocycles. The predicted molar refractivity (Wildman–Crippen MR) is 83.2 cm³/mol. The monoisotopic (exact) mass is 300 g/mol. The van der Waals surface area contributed by atoms with Crippen LogP contribution < -0.4 is 5.32 Å². The topological polar surface area (TPSA) is 15.3 Å². The smallest absolute Gasteiger partial charge is 0.0595 e. The minimum Gasteiger partial charge on any atom is -0.310 e. The average Bonchev–Trinajstić information content (AvgIpc) is 2.91. The van der Waals surface area contributed by atoms with Gasteiger partial charge in [0.1, 0.15) is 0 Å². The largest absolute Gasteiger partial charge is 0.310 e. The molecule has 4 heteroatoms. The van der Waals surface area contributed by atoms with Crippen molar-refractivity contribution in [3.63, 3.8) is 0 Å². The Bertz CT molecular complexity index is 403. The lowest BCUT2D eigenvalue weighted by atomic mass is 10.1. The van der Waals surface area contributed by atoms with Gasteiger partial charge in [0.05, 0.1) is 10.0 Å². The molecule has 1 aromatic carbocycles. The molecule has 1 aliphatic heterocycles. The van der Waals surface area contributed by atoms with Crippen LogP contribution in [-0.4, -0.2) is 31.1 Å². The quantitative estimate of drug-likeness (QED) is 0.795. The van der Waals surface area contributed by atoms with Crippen molar-refractivity contribution in [2.45, 2.75) is 32.2 Å².